The van der Waals surface area contributed by atoms with E-state index in [9.17, 15) is 4.79 Å². The van der Waals surface area contributed by atoms with Gasteiger partial charge in [-0.15, -0.1) is 24.8 Å². The molecule has 0 spiro atoms. The summed E-state index contributed by atoms with van der Waals surface area (Å²) in [7, 11) is 0. The highest BCUT2D eigenvalue weighted by Gasteiger charge is 2.23. The lowest BCUT2D eigenvalue weighted by Crippen LogP contribution is -2.51. The summed E-state index contributed by atoms with van der Waals surface area (Å²) in [6.07, 6.45) is 0. The lowest BCUT2D eigenvalue weighted by atomic mass is 10.2. The summed E-state index contributed by atoms with van der Waals surface area (Å²) in [5, 5.41) is 7.14. The molecule has 21 heavy (non-hydrogen) atoms. The van der Waals surface area contributed by atoms with Crippen LogP contribution in [0.25, 0.3) is 0 Å². The van der Waals surface area contributed by atoms with Gasteiger partial charge in [-0.05, 0) is 25.1 Å². The maximum Gasteiger partial charge on any atom is 0.241 e. The summed E-state index contributed by atoms with van der Waals surface area (Å²) in [5.74, 6) is -0.0638. The van der Waals surface area contributed by atoms with Crippen molar-refractivity contribution in [3.8, 4) is 0 Å². The number of benzene rings is 1. The first-order valence-corrected chi connectivity index (χ1v) is 7.04. The lowest BCUT2D eigenvalue weighted by Gasteiger charge is -2.31. The Morgan fingerprint density at radius 2 is 1.90 bits per heavy atom. The molecule has 1 unspecified atom stereocenters. The summed E-state index contributed by atoms with van der Waals surface area (Å²) < 4.78 is 0. The zero-order valence-electron chi connectivity index (χ0n) is 11.6. The molecule has 1 atom stereocenters. The molecule has 0 radical (unpaired) electrons. The minimum Gasteiger partial charge on any atom is -0.323 e. The maximum absolute atomic E-state index is 12.2. The number of anilines is 1. The molecule has 4 nitrogen and oxygen atoms in total. The molecule has 2 rings (SSSR count). The van der Waals surface area contributed by atoms with E-state index in [1.54, 1.807) is 18.2 Å². The second-order valence-corrected chi connectivity index (χ2v) is 5.42. The fraction of sp³-hybridized carbons (Fsp3) is 0.462. The van der Waals surface area contributed by atoms with Crippen molar-refractivity contribution >= 4 is 59.6 Å². The highest BCUT2D eigenvalue weighted by molar-refractivity contribution is 6.35. The number of carbonyl (C=O) groups is 1. The molecule has 1 fully saturated rings. The number of halogens is 4. The monoisotopic (exact) mass is 373 g/mol. The van der Waals surface area contributed by atoms with E-state index in [1.165, 1.54) is 0 Å². The van der Waals surface area contributed by atoms with Gasteiger partial charge in [-0.25, -0.2) is 0 Å². The molecule has 1 aromatic rings. The first-order valence-electron chi connectivity index (χ1n) is 6.28. The summed E-state index contributed by atoms with van der Waals surface area (Å²) in [6.45, 7) is 5.47. The van der Waals surface area contributed by atoms with E-state index in [0.717, 1.165) is 26.2 Å². The Labute approximate surface area is 147 Å². The zero-order valence-corrected chi connectivity index (χ0v) is 14.7. The number of amides is 1. The van der Waals surface area contributed by atoms with Crippen LogP contribution in [0.15, 0.2) is 18.2 Å². The second kappa shape index (κ2) is 9.72. The van der Waals surface area contributed by atoms with Gasteiger partial charge in [0, 0.05) is 31.2 Å². The van der Waals surface area contributed by atoms with Gasteiger partial charge in [-0.1, -0.05) is 23.2 Å². The van der Waals surface area contributed by atoms with Crippen molar-refractivity contribution in [1.29, 1.82) is 0 Å². The lowest BCUT2D eigenvalue weighted by molar-refractivity contribution is -0.120. The van der Waals surface area contributed by atoms with Crippen LogP contribution in [0.4, 0.5) is 5.69 Å². The predicted molar refractivity (Wildman–Crippen MR) is 93.5 cm³/mol. The van der Waals surface area contributed by atoms with E-state index in [2.05, 4.69) is 15.5 Å². The molecule has 2 N–H and O–H groups in total. The van der Waals surface area contributed by atoms with Gasteiger partial charge in [0.25, 0.3) is 0 Å². The molecular formula is C13H19Cl4N3O. The molecular weight excluding hydrogens is 356 g/mol. The van der Waals surface area contributed by atoms with Gasteiger partial charge < -0.3 is 10.6 Å². The van der Waals surface area contributed by atoms with Crippen molar-refractivity contribution in [3.63, 3.8) is 0 Å². The fourth-order valence-electron chi connectivity index (χ4n) is 2.07. The summed E-state index contributed by atoms with van der Waals surface area (Å²) >= 11 is 11.9. The van der Waals surface area contributed by atoms with Gasteiger partial charge in [0.2, 0.25) is 5.91 Å². The van der Waals surface area contributed by atoms with Crippen molar-refractivity contribution in [2.24, 2.45) is 0 Å². The highest BCUT2D eigenvalue weighted by Crippen LogP contribution is 2.25. The van der Waals surface area contributed by atoms with Crippen molar-refractivity contribution in [1.82, 2.24) is 10.2 Å². The van der Waals surface area contributed by atoms with Crippen molar-refractivity contribution < 1.29 is 4.79 Å². The van der Waals surface area contributed by atoms with Gasteiger partial charge in [-0.3, -0.25) is 9.69 Å². The Bertz CT molecular complexity index is 467. The summed E-state index contributed by atoms with van der Waals surface area (Å²) in [6, 6.07) is 4.85. The highest BCUT2D eigenvalue weighted by atomic mass is 35.5. The normalized spacial score (nSPS) is 16.3. The van der Waals surface area contributed by atoms with Crippen LogP contribution in [0.1, 0.15) is 6.92 Å². The van der Waals surface area contributed by atoms with Crippen LogP contribution in [-0.2, 0) is 4.79 Å². The first-order chi connectivity index (χ1) is 9.08. The van der Waals surface area contributed by atoms with E-state index in [4.69, 9.17) is 23.2 Å². The Hall–Kier alpha value is -0.230. The molecule has 1 saturated heterocycles. The third kappa shape index (κ3) is 5.81. The van der Waals surface area contributed by atoms with Gasteiger partial charge in [0.15, 0.2) is 0 Å². The predicted octanol–water partition coefficient (Wildman–Crippen LogP) is 3.07. The average Bonchev–Trinajstić information content (AvgIpc) is 2.43. The summed E-state index contributed by atoms with van der Waals surface area (Å²) in [5.41, 5.74) is 0.557. The Balaban J connectivity index is 0.00000200. The molecule has 120 valence electrons. The largest absolute Gasteiger partial charge is 0.323 e. The Morgan fingerprint density at radius 1 is 1.29 bits per heavy atom. The van der Waals surface area contributed by atoms with Crippen molar-refractivity contribution in [2.75, 3.05) is 31.5 Å². The standard InChI is InChI=1S/C13H17Cl2N3O.2ClH/c1-9(18-6-4-16-5-7-18)13(19)17-12-8-10(14)2-3-11(12)15;;/h2-3,8-9,16H,4-7H2,1H3,(H,17,19);2*1H. The van der Waals surface area contributed by atoms with E-state index in [-0.39, 0.29) is 36.8 Å². The quantitative estimate of drug-likeness (QED) is 0.854. The van der Waals surface area contributed by atoms with Crippen LogP contribution in [0.3, 0.4) is 0 Å². The third-order valence-electron chi connectivity index (χ3n) is 3.27. The van der Waals surface area contributed by atoms with Crippen LogP contribution in [0.5, 0.6) is 0 Å². The minimum atomic E-state index is -0.183. The van der Waals surface area contributed by atoms with Crippen LogP contribution in [0, 0.1) is 0 Å². The van der Waals surface area contributed by atoms with E-state index < -0.39 is 0 Å². The molecule has 8 heteroatoms. The van der Waals surface area contributed by atoms with Gasteiger partial charge in [0.1, 0.15) is 0 Å². The molecule has 0 saturated carbocycles. The summed E-state index contributed by atoms with van der Waals surface area (Å²) in [4.78, 5) is 14.3. The fourth-order valence-corrected chi connectivity index (χ4v) is 2.40. The molecule has 1 amide bonds. The number of nitrogens with one attached hydrogen (secondary N) is 2. The van der Waals surface area contributed by atoms with Gasteiger partial charge >= 0.3 is 0 Å². The molecule has 1 heterocycles. The number of rotatable bonds is 3. The number of carbonyl (C=O) groups excluding carboxylic acids is 1. The molecule has 0 aliphatic carbocycles. The SMILES string of the molecule is CC(C(=O)Nc1cc(Cl)ccc1Cl)N1CCNCC1.Cl.Cl. The van der Waals surface area contributed by atoms with Crippen molar-refractivity contribution in [2.45, 2.75) is 13.0 Å². The first kappa shape index (κ1) is 20.8. The Morgan fingerprint density at radius 3 is 2.52 bits per heavy atom. The number of piperazine rings is 1. The molecule has 1 aliphatic heterocycles. The zero-order chi connectivity index (χ0) is 13.8. The van der Waals surface area contributed by atoms with Crippen molar-refractivity contribution in [3.05, 3.63) is 28.2 Å². The third-order valence-corrected chi connectivity index (χ3v) is 3.83. The van der Waals surface area contributed by atoms with Gasteiger partial charge in [0.05, 0.1) is 16.8 Å². The molecule has 1 aromatic carbocycles. The minimum absolute atomic E-state index is 0. The molecule has 0 bridgehead atoms. The van der Waals surface area contributed by atoms with Crippen LogP contribution in [-0.4, -0.2) is 43.0 Å². The van der Waals surface area contributed by atoms with E-state index >= 15 is 0 Å². The van der Waals surface area contributed by atoms with Gasteiger partial charge in [-0.2, -0.15) is 0 Å². The van der Waals surface area contributed by atoms with Crippen LogP contribution < -0.4 is 10.6 Å². The average molecular weight is 375 g/mol. The number of hydrogen-bond acceptors (Lipinski definition) is 3. The van der Waals surface area contributed by atoms with Crippen LogP contribution in [0.2, 0.25) is 10.0 Å². The van der Waals surface area contributed by atoms with Crippen LogP contribution >= 0.6 is 48.0 Å². The van der Waals surface area contributed by atoms with E-state index in [1.807, 2.05) is 6.92 Å². The number of hydrogen-bond donors (Lipinski definition) is 2. The van der Waals surface area contributed by atoms with E-state index in [0.29, 0.717) is 15.7 Å². The number of nitrogens with zero attached hydrogens (tertiary/aromatic N) is 1. The second-order valence-electron chi connectivity index (χ2n) is 4.58. The molecule has 1 aliphatic rings. The topological polar surface area (TPSA) is 44.4 Å². The maximum atomic E-state index is 12.2. The Kier molecular flexibility index (Phi) is 9.61. The smallest absolute Gasteiger partial charge is 0.241 e. The molecule has 0 aromatic heterocycles.